The second-order valence-corrected chi connectivity index (χ2v) is 3.17. The zero-order valence-corrected chi connectivity index (χ0v) is 8.90. The second kappa shape index (κ2) is 5.59. The number of nitrogens with one attached hydrogen (secondary N) is 2. The van der Waals surface area contributed by atoms with E-state index < -0.39 is 0 Å². The molecule has 0 bridgehead atoms. The van der Waals surface area contributed by atoms with Crippen molar-refractivity contribution >= 4 is 17.6 Å². The lowest BCUT2D eigenvalue weighted by atomic mass is 10.1. The molecule has 5 N–H and O–H groups in total. The standard InChI is InChI=1S/C10H14N4O2/c1-12-10(15)13-8-4-2-7(3-5-8)6-9(11)14-16/h2-5,16H,6H2,1H3,(H2,11,14)(H2,12,13,15). The highest BCUT2D eigenvalue weighted by atomic mass is 16.4. The number of nitrogens with two attached hydrogens (primary N) is 1. The summed E-state index contributed by atoms with van der Waals surface area (Å²) in [5, 5.41) is 16.4. The fourth-order valence-electron chi connectivity index (χ4n) is 1.14. The van der Waals surface area contributed by atoms with Crippen molar-refractivity contribution in [2.75, 3.05) is 12.4 Å². The summed E-state index contributed by atoms with van der Waals surface area (Å²) in [6.45, 7) is 0. The maximum Gasteiger partial charge on any atom is 0.318 e. The minimum atomic E-state index is -0.274. The fraction of sp³-hybridized carbons (Fsp3) is 0.200. The Labute approximate surface area is 93.1 Å². The molecule has 0 aliphatic heterocycles. The Morgan fingerprint density at radius 2 is 2.06 bits per heavy atom. The van der Waals surface area contributed by atoms with Crippen LogP contribution in [0.1, 0.15) is 5.56 Å². The van der Waals surface area contributed by atoms with E-state index in [2.05, 4.69) is 15.8 Å². The van der Waals surface area contributed by atoms with Gasteiger partial charge in [0.25, 0.3) is 0 Å². The molecule has 0 radical (unpaired) electrons. The van der Waals surface area contributed by atoms with E-state index in [1.807, 2.05) is 0 Å². The summed E-state index contributed by atoms with van der Waals surface area (Å²) in [5.74, 6) is 0.145. The first kappa shape index (κ1) is 11.8. The zero-order chi connectivity index (χ0) is 12.0. The molecule has 1 rings (SSSR count). The van der Waals surface area contributed by atoms with Gasteiger partial charge in [-0.15, -0.1) is 0 Å². The molecule has 0 saturated heterocycles. The van der Waals surface area contributed by atoms with Gasteiger partial charge in [0.2, 0.25) is 0 Å². The van der Waals surface area contributed by atoms with Crippen LogP contribution in [-0.4, -0.2) is 24.1 Å². The van der Waals surface area contributed by atoms with Gasteiger partial charge in [-0.25, -0.2) is 4.79 Å². The number of amides is 2. The van der Waals surface area contributed by atoms with Crippen LogP contribution in [0, 0.1) is 0 Å². The van der Waals surface area contributed by atoms with Crippen LogP contribution in [0.3, 0.4) is 0 Å². The molecule has 0 aliphatic carbocycles. The van der Waals surface area contributed by atoms with Crippen molar-refractivity contribution in [2.45, 2.75) is 6.42 Å². The van der Waals surface area contributed by atoms with Crippen LogP contribution in [0.5, 0.6) is 0 Å². The molecule has 6 heteroatoms. The number of benzene rings is 1. The monoisotopic (exact) mass is 222 g/mol. The summed E-state index contributed by atoms with van der Waals surface area (Å²) in [4.78, 5) is 11.0. The van der Waals surface area contributed by atoms with Gasteiger partial charge in [0.15, 0.2) is 0 Å². The van der Waals surface area contributed by atoms with Crippen molar-refractivity contribution in [3.63, 3.8) is 0 Å². The number of carbonyl (C=O) groups excluding carboxylic acids is 1. The Kier molecular flexibility index (Phi) is 4.14. The molecular formula is C10H14N4O2. The number of rotatable bonds is 3. The number of hydrogen-bond acceptors (Lipinski definition) is 3. The first-order chi connectivity index (χ1) is 7.65. The molecule has 6 nitrogen and oxygen atoms in total. The maximum atomic E-state index is 11.0. The Hall–Kier alpha value is -2.24. The number of oxime groups is 1. The molecule has 0 atom stereocenters. The molecule has 0 aromatic heterocycles. The minimum absolute atomic E-state index is 0.145. The van der Waals surface area contributed by atoms with E-state index in [0.29, 0.717) is 12.1 Å². The smallest absolute Gasteiger partial charge is 0.318 e. The normalized spacial score (nSPS) is 10.9. The van der Waals surface area contributed by atoms with Gasteiger partial charge in [-0.3, -0.25) is 0 Å². The van der Waals surface area contributed by atoms with Crippen LogP contribution in [0.15, 0.2) is 29.4 Å². The zero-order valence-electron chi connectivity index (χ0n) is 8.90. The summed E-state index contributed by atoms with van der Waals surface area (Å²) < 4.78 is 0. The van der Waals surface area contributed by atoms with Gasteiger partial charge in [0.1, 0.15) is 5.84 Å². The third-order valence-electron chi connectivity index (χ3n) is 1.95. The van der Waals surface area contributed by atoms with E-state index in [1.54, 1.807) is 31.3 Å². The molecule has 0 heterocycles. The SMILES string of the molecule is CNC(=O)Nc1ccc(C/C(N)=N/O)cc1. The van der Waals surface area contributed by atoms with E-state index in [4.69, 9.17) is 10.9 Å². The van der Waals surface area contributed by atoms with E-state index >= 15 is 0 Å². The predicted octanol–water partition coefficient (Wildman–Crippen LogP) is 0.727. The van der Waals surface area contributed by atoms with Crippen LogP contribution in [0.2, 0.25) is 0 Å². The first-order valence-corrected chi connectivity index (χ1v) is 4.69. The quantitative estimate of drug-likeness (QED) is 0.262. The number of amidine groups is 1. The van der Waals surface area contributed by atoms with Gasteiger partial charge >= 0.3 is 6.03 Å². The van der Waals surface area contributed by atoms with Crippen LogP contribution >= 0.6 is 0 Å². The first-order valence-electron chi connectivity index (χ1n) is 4.69. The average molecular weight is 222 g/mol. The van der Waals surface area contributed by atoms with Crippen molar-refractivity contribution in [3.05, 3.63) is 29.8 Å². The Morgan fingerprint density at radius 1 is 1.44 bits per heavy atom. The summed E-state index contributed by atoms with van der Waals surface area (Å²) >= 11 is 0. The van der Waals surface area contributed by atoms with Crippen molar-refractivity contribution in [1.29, 1.82) is 0 Å². The molecular weight excluding hydrogens is 208 g/mol. The summed E-state index contributed by atoms with van der Waals surface area (Å²) in [6, 6.07) is 6.81. The van der Waals surface area contributed by atoms with Gasteiger partial charge in [-0.2, -0.15) is 0 Å². The molecule has 0 fully saturated rings. The lowest BCUT2D eigenvalue weighted by Crippen LogP contribution is -2.24. The second-order valence-electron chi connectivity index (χ2n) is 3.17. The topological polar surface area (TPSA) is 99.7 Å². The van der Waals surface area contributed by atoms with E-state index in [-0.39, 0.29) is 11.9 Å². The Morgan fingerprint density at radius 3 is 2.56 bits per heavy atom. The van der Waals surface area contributed by atoms with Crippen molar-refractivity contribution < 1.29 is 10.0 Å². The van der Waals surface area contributed by atoms with Crippen LogP contribution in [0.4, 0.5) is 10.5 Å². The maximum absolute atomic E-state index is 11.0. The summed E-state index contributed by atoms with van der Waals surface area (Å²) in [7, 11) is 1.54. The van der Waals surface area contributed by atoms with Gasteiger partial charge in [-0.05, 0) is 17.7 Å². The van der Waals surface area contributed by atoms with Gasteiger partial charge in [0, 0.05) is 19.2 Å². The van der Waals surface area contributed by atoms with Crippen LogP contribution < -0.4 is 16.4 Å². The highest BCUT2D eigenvalue weighted by Crippen LogP contribution is 2.09. The molecule has 86 valence electrons. The minimum Gasteiger partial charge on any atom is -0.409 e. The van der Waals surface area contributed by atoms with Gasteiger partial charge in [0.05, 0.1) is 0 Å². The van der Waals surface area contributed by atoms with Crippen molar-refractivity contribution in [3.8, 4) is 0 Å². The van der Waals surface area contributed by atoms with Crippen molar-refractivity contribution in [1.82, 2.24) is 5.32 Å². The summed E-state index contributed by atoms with van der Waals surface area (Å²) in [5.41, 5.74) is 6.95. The lowest BCUT2D eigenvalue weighted by molar-refractivity contribution is 0.254. The molecule has 0 spiro atoms. The third kappa shape index (κ3) is 3.49. The highest BCUT2D eigenvalue weighted by molar-refractivity contribution is 5.89. The molecule has 2 amide bonds. The Balaban J connectivity index is 2.64. The van der Waals surface area contributed by atoms with E-state index in [1.165, 1.54) is 0 Å². The number of nitrogens with zero attached hydrogens (tertiary/aromatic N) is 1. The van der Waals surface area contributed by atoms with Crippen LogP contribution in [0.25, 0.3) is 0 Å². The molecule has 1 aromatic rings. The number of carbonyl (C=O) groups is 1. The molecule has 16 heavy (non-hydrogen) atoms. The number of urea groups is 1. The van der Waals surface area contributed by atoms with Crippen LogP contribution in [-0.2, 0) is 6.42 Å². The average Bonchev–Trinajstić information content (AvgIpc) is 2.31. The highest BCUT2D eigenvalue weighted by Gasteiger charge is 2.00. The van der Waals surface area contributed by atoms with Crippen molar-refractivity contribution in [2.24, 2.45) is 10.9 Å². The summed E-state index contributed by atoms with van der Waals surface area (Å²) in [6.07, 6.45) is 0.372. The number of hydrogen-bond donors (Lipinski definition) is 4. The van der Waals surface area contributed by atoms with E-state index in [9.17, 15) is 4.79 Å². The fourth-order valence-corrected chi connectivity index (χ4v) is 1.14. The lowest BCUT2D eigenvalue weighted by Gasteiger charge is -2.05. The molecule has 1 aromatic carbocycles. The molecule has 0 saturated carbocycles. The Bertz CT molecular complexity index is 386. The predicted molar refractivity (Wildman–Crippen MR) is 61.6 cm³/mol. The third-order valence-corrected chi connectivity index (χ3v) is 1.95. The molecule has 0 aliphatic rings. The largest absolute Gasteiger partial charge is 0.409 e. The molecule has 0 unspecified atom stereocenters. The van der Waals surface area contributed by atoms with E-state index in [0.717, 1.165) is 5.56 Å². The van der Waals surface area contributed by atoms with Gasteiger partial charge < -0.3 is 21.6 Å². The number of anilines is 1. The van der Waals surface area contributed by atoms with Gasteiger partial charge in [-0.1, -0.05) is 17.3 Å².